The van der Waals surface area contributed by atoms with Crippen molar-refractivity contribution >= 4 is 47.0 Å². The highest BCUT2D eigenvalue weighted by atomic mass is 32.2. The molecule has 0 radical (unpaired) electrons. The molecule has 0 atom stereocenters. The summed E-state index contributed by atoms with van der Waals surface area (Å²) < 4.78 is 0. The minimum absolute atomic E-state index is 0.871. The lowest BCUT2D eigenvalue weighted by Crippen LogP contribution is -1.95. The number of fused-ring (bicyclic) bond motifs is 6. The summed E-state index contributed by atoms with van der Waals surface area (Å²) in [5.41, 5.74) is 4.52. The van der Waals surface area contributed by atoms with E-state index in [4.69, 9.17) is 9.97 Å². The van der Waals surface area contributed by atoms with Crippen LogP contribution in [0.1, 0.15) is 22.8 Å². The maximum absolute atomic E-state index is 4.94. The number of thioether (sulfide) groups is 4. The number of hydrogen-bond acceptors (Lipinski definition) is 6. The van der Waals surface area contributed by atoms with Gasteiger partial charge in [0.2, 0.25) is 0 Å². The van der Waals surface area contributed by atoms with Gasteiger partial charge in [-0.25, -0.2) is 0 Å². The van der Waals surface area contributed by atoms with Crippen LogP contribution >= 0.6 is 47.0 Å². The van der Waals surface area contributed by atoms with Crippen molar-refractivity contribution in [2.45, 2.75) is 42.6 Å². The normalized spacial score (nSPS) is 14.5. The zero-order chi connectivity index (χ0) is 21.6. The van der Waals surface area contributed by atoms with Crippen LogP contribution in [0, 0.1) is 0 Å². The Bertz CT molecular complexity index is 1030. The Hall–Kier alpha value is -1.86. The first-order chi connectivity index (χ1) is 15.8. The Kier molecular flexibility index (Phi) is 7.44. The molecular formula is C26H22N2S4. The third-order valence-electron chi connectivity index (χ3n) is 4.93. The lowest BCUT2D eigenvalue weighted by molar-refractivity contribution is 1.08. The maximum Gasteiger partial charge on any atom is 0.0509 e. The second-order valence-corrected chi connectivity index (χ2v) is 11.4. The minimum atomic E-state index is 0.871. The van der Waals surface area contributed by atoms with Crippen molar-refractivity contribution < 1.29 is 0 Å². The predicted octanol–water partition coefficient (Wildman–Crippen LogP) is 7.96. The van der Waals surface area contributed by atoms with Crippen LogP contribution in [0.4, 0.5) is 0 Å². The van der Waals surface area contributed by atoms with Crippen molar-refractivity contribution in [2.24, 2.45) is 0 Å². The molecule has 0 N–H and O–H groups in total. The van der Waals surface area contributed by atoms with E-state index < -0.39 is 0 Å². The van der Waals surface area contributed by atoms with Gasteiger partial charge in [-0.05, 0) is 48.5 Å². The average molecular weight is 491 g/mol. The van der Waals surface area contributed by atoms with Crippen LogP contribution in [0.2, 0.25) is 0 Å². The van der Waals surface area contributed by atoms with Crippen LogP contribution in [-0.4, -0.2) is 9.97 Å². The highest BCUT2D eigenvalue weighted by Gasteiger charge is 2.10. The van der Waals surface area contributed by atoms with E-state index >= 15 is 0 Å². The molecule has 0 unspecified atom stereocenters. The topological polar surface area (TPSA) is 25.8 Å². The monoisotopic (exact) mass is 490 g/mol. The molecule has 4 aromatic rings. The van der Waals surface area contributed by atoms with Gasteiger partial charge in [0, 0.05) is 42.6 Å². The molecule has 0 aliphatic carbocycles. The van der Waals surface area contributed by atoms with Crippen molar-refractivity contribution in [3.8, 4) is 0 Å². The van der Waals surface area contributed by atoms with E-state index in [0.29, 0.717) is 0 Å². The molecule has 0 saturated carbocycles. The molecule has 160 valence electrons. The molecule has 0 spiro atoms. The number of aromatic nitrogens is 2. The zero-order valence-electron chi connectivity index (χ0n) is 17.4. The molecule has 5 rings (SSSR count). The molecule has 1 aliphatic heterocycles. The van der Waals surface area contributed by atoms with Gasteiger partial charge in [-0.15, -0.1) is 47.0 Å². The van der Waals surface area contributed by atoms with Gasteiger partial charge in [0.05, 0.1) is 22.8 Å². The Labute approximate surface area is 206 Å². The molecule has 0 saturated heterocycles. The van der Waals surface area contributed by atoms with E-state index in [9.17, 15) is 0 Å². The quantitative estimate of drug-likeness (QED) is 0.248. The number of hydrogen-bond donors (Lipinski definition) is 0. The average Bonchev–Trinajstić information content (AvgIpc) is 2.85. The largest absolute Gasteiger partial charge is 0.256 e. The SMILES string of the molecule is c1cc2nc(c1)CSc1ccccc1SCc1cccc(n1)CSc1ccccc1SC2. The van der Waals surface area contributed by atoms with Crippen LogP contribution < -0.4 is 0 Å². The van der Waals surface area contributed by atoms with Crippen molar-refractivity contribution in [2.75, 3.05) is 0 Å². The smallest absolute Gasteiger partial charge is 0.0509 e. The molecule has 0 fully saturated rings. The van der Waals surface area contributed by atoms with Crippen molar-refractivity contribution in [1.82, 2.24) is 9.97 Å². The lowest BCUT2D eigenvalue weighted by atomic mass is 10.3. The molecule has 2 aromatic heterocycles. The van der Waals surface area contributed by atoms with E-state index in [2.05, 4.69) is 84.9 Å². The van der Waals surface area contributed by atoms with Crippen LogP contribution in [0.5, 0.6) is 0 Å². The molecule has 2 aromatic carbocycles. The summed E-state index contributed by atoms with van der Waals surface area (Å²) in [5, 5.41) is 0. The van der Waals surface area contributed by atoms with Crippen LogP contribution in [0.3, 0.4) is 0 Å². The van der Waals surface area contributed by atoms with E-state index in [1.807, 2.05) is 47.0 Å². The summed E-state index contributed by atoms with van der Waals surface area (Å²) >= 11 is 7.45. The molecule has 4 bridgehead atoms. The molecule has 32 heavy (non-hydrogen) atoms. The number of rotatable bonds is 0. The van der Waals surface area contributed by atoms with Gasteiger partial charge in [0.15, 0.2) is 0 Å². The van der Waals surface area contributed by atoms with E-state index in [1.165, 1.54) is 19.6 Å². The van der Waals surface area contributed by atoms with Gasteiger partial charge in [0.25, 0.3) is 0 Å². The summed E-state index contributed by atoms with van der Waals surface area (Å²) in [5.74, 6) is 3.49. The fraction of sp³-hybridized carbons (Fsp3) is 0.154. The van der Waals surface area contributed by atoms with Gasteiger partial charge in [-0.1, -0.05) is 36.4 Å². The Morgan fingerprint density at radius 3 is 0.938 bits per heavy atom. The standard InChI is InChI=1S/C26H22N2S4/c1-2-12-24-23(11-1)29-15-19-7-5-9-21(27-19)17-31-25-13-3-4-14-26(25)32-18-22-10-6-8-20(28-22)16-30-24/h1-14H,15-18H2. The first kappa shape index (κ1) is 22.0. The summed E-state index contributed by atoms with van der Waals surface area (Å²) in [6.45, 7) is 0. The molecule has 0 amide bonds. The lowest BCUT2D eigenvalue weighted by Gasteiger charge is -2.12. The Balaban J connectivity index is 1.46. The number of nitrogens with zero attached hydrogens (tertiary/aromatic N) is 2. The third-order valence-corrected chi connectivity index (χ3v) is 9.62. The first-order valence-electron chi connectivity index (χ1n) is 10.4. The zero-order valence-corrected chi connectivity index (χ0v) is 20.7. The van der Waals surface area contributed by atoms with Gasteiger partial charge in [-0.2, -0.15) is 0 Å². The second-order valence-electron chi connectivity index (χ2n) is 7.29. The highest BCUT2D eigenvalue weighted by molar-refractivity contribution is 8.02. The predicted molar refractivity (Wildman–Crippen MR) is 140 cm³/mol. The molecule has 2 nitrogen and oxygen atoms in total. The van der Waals surface area contributed by atoms with Gasteiger partial charge >= 0.3 is 0 Å². The fourth-order valence-electron chi connectivity index (χ4n) is 3.36. The molecule has 3 heterocycles. The molecular weight excluding hydrogens is 469 g/mol. The van der Waals surface area contributed by atoms with E-state index in [0.717, 1.165) is 45.8 Å². The van der Waals surface area contributed by atoms with Gasteiger partial charge < -0.3 is 0 Å². The van der Waals surface area contributed by atoms with Crippen molar-refractivity contribution in [3.05, 3.63) is 108 Å². The maximum atomic E-state index is 4.94. The van der Waals surface area contributed by atoms with Gasteiger partial charge in [0.1, 0.15) is 0 Å². The Morgan fingerprint density at radius 1 is 0.375 bits per heavy atom. The molecule has 6 heteroatoms. The summed E-state index contributed by atoms with van der Waals surface area (Å²) in [6.07, 6.45) is 0. The number of pyridine rings is 2. The summed E-state index contributed by atoms with van der Waals surface area (Å²) in [4.78, 5) is 15.1. The highest BCUT2D eigenvalue weighted by Crippen LogP contribution is 2.36. The number of benzene rings is 2. The van der Waals surface area contributed by atoms with Crippen LogP contribution in [-0.2, 0) is 23.0 Å². The van der Waals surface area contributed by atoms with Crippen LogP contribution in [0.15, 0.2) is 105 Å². The Morgan fingerprint density at radius 2 is 0.656 bits per heavy atom. The minimum Gasteiger partial charge on any atom is -0.256 e. The van der Waals surface area contributed by atoms with Gasteiger partial charge in [-0.3, -0.25) is 9.97 Å². The fourth-order valence-corrected chi connectivity index (χ4v) is 7.47. The van der Waals surface area contributed by atoms with Crippen LogP contribution in [0.25, 0.3) is 0 Å². The van der Waals surface area contributed by atoms with E-state index in [1.54, 1.807) is 0 Å². The second kappa shape index (κ2) is 10.8. The first-order valence-corrected chi connectivity index (χ1v) is 14.4. The summed E-state index contributed by atoms with van der Waals surface area (Å²) in [7, 11) is 0. The van der Waals surface area contributed by atoms with Crippen molar-refractivity contribution in [3.63, 3.8) is 0 Å². The van der Waals surface area contributed by atoms with Crippen molar-refractivity contribution in [1.29, 1.82) is 0 Å². The molecule has 1 aliphatic rings. The van der Waals surface area contributed by atoms with E-state index in [-0.39, 0.29) is 0 Å². The summed E-state index contributed by atoms with van der Waals surface area (Å²) in [6, 6.07) is 30.1. The third kappa shape index (κ3) is 5.73.